The van der Waals surface area contributed by atoms with Crippen molar-refractivity contribution in [2.24, 2.45) is 0 Å². The lowest BCUT2D eigenvalue weighted by Gasteiger charge is -2.11. The van der Waals surface area contributed by atoms with Crippen LogP contribution in [0.15, 0.2) is 41.1 Å². The minimum absolute atomic E-state index is 0.150. The summed E-state index contributed by atoms with van der Waals surface area (Å²) in [5, 5.41) is 11.6. The van der Waals surface area contributed by atoms with Crippen molar-refractivity contribution in [1.82, 2.24) is 10.6 Å². The fourth-order valence-corrected chi connectivity index (χ4v) is 2.52. The first-order valence-electron chi connectivity index (χ1n) is 7.03. The highest BCUT2D eigenvalue weighted by Crippen LogP contribution is 2.17. The molecule has 0 saturated carbocycles. The molecule has 0 atom stereocenters. The van der Waals surface area contributed by atoms with Gasteiger partial charge in [0.05, 0.1) is 16.8 Å². The molecule has 0 fully saturated rings. The second-order valence-corrected chi connectivity index (χ2v) is 5.53. The van der Waals surface area contributed by atoms with Crippen LogP contribution in [0.3, 0.4) is 0 Å². The minimum atomic E-state index is -0.309. The molecule has 3 amide bonds. The second-order valence-electron chi connectivity index (χ2n) is 4.75. The largest absolute Gasteiger partial charge is 0.355 e. The fourth-order valence-electron chi connectivity index (χ4n) is 1.89. The maximum absolute atomic E-state index is 12.2. The van der Waals surface area contributed by atoms with E-state index in [-0.39, 0.29) is 17.7 Å². The number of carbonyl (C=O) groups is 3. The van der Waals surface area contributed by atoms with Gasteiger partial charge in [-0.15, -0.1) is 0 Å². The molecule has 2 rings (SSSR count). The second kappa shape index (κ2) is 8.09. The van der Waals surface area contributed by atoms with Gasteiger partial charge in [0.2, 0.25) is 5.91 Å². The van der Waals surface area contributed by atoms with Gasteiger partial charge < -0.3 is 16.0 Å². The first-order valence-corrected chi connectivity index (χ1v) is 7.97. The Balaban J connectivity index is 2.00. The molecule has 0 bridgehead atoms. The highest BCUT2D eigenvalue weighted by Gasteiger charge is 2.13. The summed E-state index contributed by atoms with van der Waals surface area (Å²) in [7, 11) is 0. The maximum atomic E-state index is 12.2. The minimum Gasteiger partial charge on any atom is -0.355 e. The average molecular weight is 331 g/mol. The smallest absolute Gasteiger partial charge is 0.256 e. The first-order chi connectivity index (χ1) is 11.1. The van der Waals surface area contributed by atoms with Crippen LogP contribution in [0.25, 0.3) is 0 Å². The van der Waals surface area contributed by atoms with Crippen molar-refractivity contribution in [2.45, 2.75) is 6.92 Å². The van der Waals surface area contributed by atoms with Crippen LogP contribution in [0, 0.1) is 0 Å². The molecule has 1 aromatic carbocycles. The van der Waals surface area contributed by atoms with Crippen molar-refractivity contribution in [3.63, 3.8) is 0 Å². The summed E-state index contributed by atoms with van der Waals surface area (Å²) in [4.78, 5) is 35.1. The molecule has 0 radical (unpaired) electrons. The van der Waals surface area contributed by atoms with Crippen molar-refractivity contribution in [3.8, 4) is 0 Å². The van der Waals surface area contributed by atoms with Gasteiger partial charge in [-0.3, -0.25) is 14.4 Å². The molecule has 6 nitrogen and oxygen atoms in total. The number of rotatable bonds is 6. The van der Waals surface area contributed by atoms with Crippen LogP contribution in [0.1, 0.15) is 27.6 Å². The Bertz CT molecular complexity index is 698. The lowest BCUT2D eigenvalue weighted by molar-refractivity contribution is -0.118. The molecule has 0 aliphatic carbocycles. The van der Waals surface area contributed by atoms with E-state index < -0.39 is 0 Å². The van der Waals surface area contributed by atoms with E-state index in [9.17, 15) is 14.4 Å². The number of anilines is 1. The van der Waals surface area contributed by atoms with Gasteiger partial charge in [-0.05, 0) is 23.6 Å². The van der Waals surface area contributed by atoms with E-state index in [0.717, 1.165) is 0 Å². The van der Waals surface area contributed by atoms with Crippen molar-refractivity contribution in [3.05, 3.63) is 52.2 Å². The molecule has 1 aromatic heterocycles. The third-order valence-electron chi connectivity index (χ3n) is 2.99. The summed E-state index contributed by atoms with van der Waals surface area (Å²) in [5.41, 5.74) is 1.37. The number of carbonyl (C=O) groups excluding carboxylic acids is 3. The predicted molar refractivity (Wildman–Crippen MR) is 89.7 cm³/mol. The van der Waals surface area contributed by atoms with Gasteiger partial charge in [0.15, 0.2) is 0 Å². The number of hydrogen-bond donors (Lipinski definition) is 3. The highest BCUT2D eigenvalue weighted by molar-refractivity contribution is 7.08. The molecule has 0 aliphatic rings. The molecular formula is C16H17N3O3S. The predicted octanol–water partition coefficient (Wildman–Crippen LogP) is 1.87. The number of amides is 3. The molecule has 0 aliphatic heterocycles. The van der Waals surface area contributed by atoms with Crippen LogP contribution in [0.4, 0.5) is 5.69 Å². The summed E-state index contributed by atoms with van der Waals surface area (Å²) in [5.74, 6) is -0.719. The standard InChI is InChI=1S/C16H17N3O3S/c1-11(20)17-7-8-18-16(22)13-4-2-3-5-14(13)19-15(21)12-6-9-23-10-12/h2-6,9-10H,7-8H2,1H3,(H,17,20)(H,18,22)(H,19,21). The zero-order chi connectivity index (χ0) is 16.7. The normalized spacial score (nSPS) is 9.96. The van der Waals surface area contributed by atoms with E-state index in [4.69, 9.17) is 0 Å². The highest BCUT2D eigenvalue weighted by atomic mass is 32.1. The Labute approximate surface area is 137 Å². The molecule has 0 unspecified atom stereocenters. The van der Waals surface area contributed by atoms with Gasteiger partial charge >= 0.3 is 0 Å². The number of thiophene rings is 1. The molecule has 0 saturated heterocycles. The van der Waals surface area contributed by atoms with Crippen molar-refractivity contribution in [2.75, 3.05) is 18.4 Å². The van der Waals surface area contributed by atoms with Gasteiger partial charge in [0.1, 0.15) is 0 Å². The molecule has 7 heteroatoms. The van der Waals surface area contributed by atoms with Crippen LogP contribution >= 0.6 is 11.3 Å². The lowest BCUT2D eigenvalue weighted by atomic mass is 10.1. The van der Waals surface area contributed by atoms with Crippen LogP contribution in [0.5, 0.6) is 0 Å². The summed E-state index contributed by atoms with van der Waals surface area (Å²) in [6.45, 7) is 2.08. The SMILES string of the molecule is CC(=O)NCCNC(=O)c1ccccc1NC(=O)c1ccsc1. The van der Waals surface area contributed by atoms with Gasteiger partial charge in [-0.1, -0.05) is 12.1 Å². The Morgan fingerprint density at radius 1 is 1.00 bits per heavy atom. The number of para-hydroxylation sites is 1. The van der Waals surface area contributed by atoms with Crippen molar-refractivity contribution < 1.29 is 14.4 Å². The molecular weight excluding hydrogens is 314 g/mol. The zero-order valence-corrected chi connectivity index (χ0v) is 13.4. The number of benzene rings is 1. The van der Waals surface area contributed by atoms with Gasteiger partial charge in [-0.25, -0.2) is 0 Å². The number of hydrogen-bond acceptors (Lipinski definition) is 4. The van der Waals surface area contributed by atoms with Crippen molar-refractivity contribution in [1.29, 1.82) is 0 Å². The van der Waals surface area contributed by atoms with Gasteiger partial charge in [0, 0.05) is 25.4 Å². The Morgan fingerprint density at radius 3 is 2.43 bits per heavy atom. The van der Waals surface area contributed by atoms with E-state index in [1.54, 1.807) is 35.7 Å². The molecule has 0 spiro atoms. The third-order valence-corrected chi connectivity index (χ3v) is 3.67. The zero-order valence-electron chi connectivity index (χ0n) is 12.6. The van der Waals surface area contributed by atoms with Crippen LogP contribution < -0.4 is 16.0 Å². The average Bonchev–Trinajstić information content (AvgIpc) is 3.06. The topological polar surface area (TPSA) is 87.3 Å². The van der Waals surface area contributed by atoms with Crippen LogP contribution in [-0.2, 0) is 4.79 Å². The van der Waals surface area contributed by atoms with E-state index in [1.807, 2.05) is 5.38 Å². The van der Waals surface area contributed by atoms with Crippen LogP contribution in [0.2, 0.25) is 0 Å². The fraction of sp³-hybridized carbons (Fsp3) is 0.188. The molecule has 120 valence electrons. The molecule has 3 N–H and O–H groups in total. The molecule has 1 heterocycles. The van der Waals surface area contributed by atoms with E-state index in [1.165, 1.54) is 18.3 Å². The van der Waals surface area contributed by atoms with E-state index in [0.29, 0.717) is 29.9 Å². The summed E-state index contributed by atoms with van der Waals surface area (Å²) in [6, 6.07) is 8.50. The number of nitrogens with one attached hydrogen (secondary N) is 3. The maximum Gasteiger partial charge on any atom is 0.256 e. The van der Waals surface area contributed by atoms with Gasteiger partial charge in [0.25, 0.3) is 11.8 Å². The Morgan fingerprint density at radius 2 is 1.74 bits per heavy atom. The quantitative estimate of drug-likeness (QED) is 0.706. The summed E-state index contributed by atoms with van der Waals surface area (Å²) >= 11 is 1.43. The molecule has 23 heavy (non-hydrogen) atoms. The monoisotopic (exact) mass is 331 g/mol. The first kappa shape index (κ1) is 16.7. The van der Waals surface area contributed by atoms with Crippen molar-refractivity contribution >= 4 is 34.7 Å². The van der Waals surface area contributed by atoms with Crippen LogP contribution in [-0.4, -0.2) is 30.8 Å². The third kappa shape index (κ3) is 4.93. The summed E-state index contributed by atoms with van der Waals surface area (Å²) < 4.78 is 0. The molecule has 2 aromatic rings. The summed E-state index contributed by atoms with van der Waals surface area (Å²) in [6.07, 6.45) is 0. The lowest BCUT2D eigenvalue weighted by Crippen LogP contribution is -2.34. The Hall–Kier alpha value is -2.67. The van der Waals surface area contributed by atoms with E-state index in [2.05, 4.69) is 16.0 Å². The Kier molecular flexibility index (Phi) is 5.87. The van der Waals surface area contributed by atoms with E-state index >= 15 is 0 Å². The van der Waals surface area contributed by atoms with Gasteiger partial charge in [-0.2, -0.15) is 11.3 Å².